The Morgan fingerprint density at radius 2 is 1.45 bits per heavy atom. The van der Waals surface area contributed by atoms with E-state index in [9.17, 15) is 29.3 Å². The molecule has 234 valence electrons. The van der Waals surface area contributed by atoms with Crippen molar-refractivity contribution in [3.63, 3.8) is 0 Å². The Morgan fingerprint density at radius 3 is 2.02 bits per heavy atom. The fourth-order valence-electron chi connectivity index (χ4n) is 4.67. The van der Waals surface area contributed by atoms with Crippen molar-refractivity contribution < 1.29 is 52.5 Å². The van der Waals surface area contributed by atoms with E-state index >= 15 is 0 Å². The molecule has 1 aliphatic heterocycles. The summed E-state index contributed by atoms with van der Waals surface area (Å²) in [5.41, 5.74) is 1.05. The summed E-state index contributed by atoms with van der Waals surface area (Å²) in [5.74, 6) is -3.17. The summed E-state index contributed by atoms with van der Waals surface area (Å²) in [6.45, 7) is 4.00. The van der Waals surface area contributed by atoms with Crippen molar-refractivity contribution >= 4 is 63.7 Å². The molecule has 0 amide bonds. The summed E-state index contributed by atoms with van der Waals surface area (Å²) in [6, 6.07) is 9.08. The van der Waals surface area contributed by atoms with E-state index in [0.717, 1.165) is 27.7 Å². The Kier molecular flexibility index (Phi) is 9.97. The van der Waals surface area contributed by atoms with Gasteiger partial charge in [0.1, 0.15) is 12.7 Å². The van der Waals surface area contributed by atoms with E-state index < -0.39 is 66.1 Å². The van der Waals surface area contributed by atoms with Crippen LogP contribution in [0.5, 0.6) is 5.75 Å². The number of carbonyl (C=O) groups is 4. The number of aromatic nitrogens is 1. The van der Waals surface area contributed by atoms with Crippen molar-refractivity contribution in [2.45, 2.75) is 58.4 Å². The molecule has 4 rings (SSSR count). The number of ether oxygens (including phenoxy) is 6. The number of carbonyl (C=O) groups excluding carboxylic acids is 4. The maximum absolute atomic E-state index is 12.1. The molecule has 0 bridgehead atoms. The minimum atomic E-state index is -1.55. The molecule has 0 saturated carbocycles. The van der Waals surface area contributed by atoms with Crippen molar-refractivity contribution in [3.8, 4) is 11.4 Å². The van der Waals surface area contributed by atoms with Gasteiger partial charge in [0.05, 0.1) is 20.5 Å². The highest BCUT2D eigenvalue weighted by molar-refractivity contribution is 6.37. The van der Waals surface area contributed by atoms with Gasteiger partial charge in [-0.3, -0.25) is 29.3 Å². The third-order valence-electron chi connectivity index (χ3n) is 6.33. The summed E-state index contributed by atoms with van der Waals surface area (Å²) in [7, 11) is 0. The van der Waals surface area contributed by atoms with Gasteiger partial charge in [0.15, 0.2) is 18.0 Å². The first-order valence-electron chi connectivity index (χ1n) is 13.0. The minimum absolute atomic E-state index is 0.0101. The number of fused-ring (bicyclic) bond motifs is 1. The Morgan fingerprint density at radius 1 is 0.864 bits per heavy atom. The van der Waals surface area contributed by atoms with Crippen LogP contribution in [0.25, 0.3) is 16.6 Å². The van der Waals surface area contributed by atoms with Crippen LogP contribution in [0, 0.1) is 10.1 Å². The van der Waals surface area contributed by atoms with Gasteiger partial charge in [-0.05, 0) is 24.3 Å². The van der Waals surface area contributed by atoms with Crippen molar-refractivity contribution in [2.24, 2.45) is 0 Å². The second-order valence-electron chi connectivity index (χ2n) is 9.61. The van der Waals surface area contributed by atoms with Crippen LogP contribution in [0.15, 0.2) is 42.6 Å². The zero-order valence-electron chi connectivity index (χ0n) is 23.7. The number of non-ortho nitro benzene ring substituents is 1. The smallest absolute Gasteiger partial charge is 0.303 e. The predicted octanol–water partition coefficient (Wildman–Crippen LogP) is 4.31. The molecule has 1 saturated heterocycles. The quantitative estimate of drug-likeness (QED) is 0.139. The van der Waals surface area contributed by atoms with E-state index in [2.05, 4.69) is 0 Å². The molecule has 1 fully saturated rings. The van der Waals surface area contributed by atoms with Crippen molar-refractivity contribution in [1.29, 1.82) is 0 Å². The lowest BCUT2D eigenvalue weighted by atomic mass is 9.98. The van der Waals surface area contributed by atoms with Crippen LogP contribution in [0.1, 0.15) is 27.7 Å². The number of esters is 4. The van der Waals surface area contributed by atoms with Crippen LogP contribution in [0.3, 0.4) is 0 Å². The number of benzene rings is 2. The second kappa shape index (κ2) is 13.5. The Labute approximate surface area is 259 Å². The van der Waals surface area contributed by atoms with Crippen LogP contribution < -0.4 is 4.74 Å². The second-order valence-corrected chi connectivity index (χ2v) is 10.4. The predicted molar refractivity (Wildman–Crippen MR) is 153 cm³/mol. The lowest BCUT2D eigenvalue weighted by Crippen LogP contribution is -2.63. The van der Waals surface area contributed by atoms with Crippen molar-refractivity contribution in [1.82, 2.24) is 4.57 Å². The topological polar surface area (TPSA) is 172 Å². The molecule has 0 spiro atoms. The monoisotopic (exact) mass is 652 g/mol. The first-order valence-corrected chi connectivity index (χ1v) is 13.7. The third kappa shape index (κ3) is 7.38. The number of nitro groups is 1. The molecule has 14 nitrogen and oxygen atoms in total. The van der Waals surface area contributed by atoms with E-state index in [1.807, 2.05) is 0 Å². The maximum atomic E-state index is 12.1. The number of hydrogen-bond donors (Lipinski definition) is 0. The number of rotatable bonds is 9. The van der Waals surface area contributed by atoms with Crippen LogP contribution in [0.4, 0.5) is 5.69 Å². The third-order valence-corrected chi connectivity index (χ3v) is 6.89. The molecule has 3 aromatic rings. The number of nitro benzene ring substituents is 1. The van der Waals surface area contributed by atoms with Gasteiger partial charge >= 0.3 is 23.9 Å². The van der Waals surface area contributed by atoms with Gasteiger partial charge in [0.25, 0.3) is 5.69 Å². The lowest BCUT2D eigenvalue weighted by molar-refractivity contribution is -0.384. The number of hydrogen-bond acceptors (Lipinski definition) is 12. The van der Waals surface area contributed by atoms with Crippen LogP contribution in [-0.4, -0.2) is 70.7 Å². The zero-order valence-corrected chi connectivity index (χ0v) is 25.2. The first kappa shape index (κ1) is 32.5. The van der Waals surface area contributed by atoms with Gasteiger partial charge < -0.3 is 33.0 Å². The summed E-state index contributed by atoms with van der Waals surface area (Å²) in [6.07, 6.45) is -5.43. The molecule has 44 heavy (non-hydrogen) atoms. The van der Waals surface area contributed by atoms with Gasteiger partial charge in [-0.1, -0.05) is 23.2 Å². The van der Waals surface area contributed by atoms with E-state index in [0.29, 0.717) is 16.6 Å². The van der Waals surface area contributed by atoms with Gasteiger partial charge in [-0.15, -0.1) is 0 Å². The largest absolute Gasteiger partial charge is 0.463 e. The average Bonchev–Trinajstić information content (AvgIpc) is 3.35. The normalized spacial score (nSPS) is 21.3. The SMILES string of the molecule is CC(=O)OCC1O[C@H](Oc2c(Cl)cc(-n3ccc4cc([N+](=O)[O-])ccc43)cc2Cl)C(OC(C)=O)C(OC(C)=O)[C@@H]1OC(C)=O. The van der Waals surface area contributed by atoms with Gasteiger partial charge in [-0.25, -0.2) is 0 Å². The van der Waals surface area contributed by atoms with Gasteiger partial charge in [-0.2, -0.15) is 0 Å². The molecule has 5 atom stereocenters. The molecular weight excluding hydrogens is 627 g/mol. The number of nitrogens with zero attached hydrogens (tertiary/aromatic N) is 2. The average molecular weight is 653 g/mol. The Bertz CT molecular complexity index is 1600. The molecule has 0 aliphatic carbocycles. The molecule has 0 radical (unpaired) electrons. The van der Waals surface area contributed by atoms with E-state index in [-0.39, 0.29) is 21.5 Å². The van der Waals surface area contributed by atoms with Gasteiger partial charge in [0.2, 0.25) is 12.4 Å². The van der Waals surface area contributed by atoms with Crippen molar-refractivity contribution in [3.05, 3.63) is 62.8 Å². The molecule has 0 N–H and O–H groups in total. The molecule has 2 heterocycles. The highest BCUT2D eigenvalue weighted by Gasteiger charge is 2.53. The fraction of sp³-hybridized carbons (Fsp3) is 0.357. The lowest BCUT2D eigenvalue weighted by Gasteiger charge is -2.44. The standard InChI is InChI=1S/C28H26Cl2N2O12/c1-13(33)39-12-23-25(40-14(2)34)26(41-15(3)35)27(42-16(4)36)28(43-23)44-24-20(29)10-19(11-21(24)30)31-8-7-17-9-18(32(37)38)5-6-22(17)31/h5-11,23,25-28H,12H2,1-4H3/t23?,25-,26?,27?,28-/m1/s1. The van der Waals surface area contributed by atoms with E-state index in [4.69, 9.17) is 51.6 Å². The summed E-state index contributed by atoms with van der Waals surface area (Å²) in [4.78, 5) is 58.3. The molecule has 3 unspecified atom stereocenters. The molecule has 16 heteroatoms. The molecule has 2 aromatic carbocycles. The number of halogens is 2. The minimum Gasteiger partial charge on any atom is -0.463 e. The summed E-state index contributed by atoms with van der Waals surface area (Å²) < 4.78 is 34.9. The van der Waals surface area contributed by atoms with Crippen molar-refractivity contribution in [2.75, 3.05) is 6.61 Å². The van der Waals surface area contributed by atoms with Crippen LogP contribution >= 0.6 is 23.2 Å². The molecule has 1 aromatic heterocycles. The summed E-state index contributed by atoms with van der Waals surface area (Å²) in [5, 5.41) is 11.7. The van der Waals surface area contributed by atoms with Crippen LogP contribution in [0.2, 0.25) is 10.0 Å². The zero-order chi connectivity index (χ0) is 32.3. The highest BCUT2D eigenvalue weighted by Crippen LogP contribution is 2.39. The first-order chi connectivity index (χ1) is 20.7. The van der Waals surface area contributed by atoms with E-state index in [1.165, 1.54) is 24.3 Å². The van der Waals surface area contributed by atoms with Crippen LogP contribution in [-0.2, 0) is 42.9 Å². The molecular formula is C28H26Cl2N2O12. The highest BCUT2D eigenvalue weighted by atomic mass is 35.5. The summed E-state index contributed by atoms with van der Waals surface area (Å²) >= 11 is 13.2. The fourth-order valence-corrected chi connectivity index (χ4v) is 5.23. The Balaban J connectivity index is 1.72. The van der Waals surface area contributed by atoms with E-state index in [1.54, 1.807) is 22.9 Å². The molecule has 1 aliphatic rings. The Hall–Kier alpha value is -4.40. The van der Waals surface area contributed by atoms with Gasteiger partial charge in [0, 0.05) is 57.1 Å². The maximum Gasteiger partial charge on any atom is 0.303 e.